The number of nitrogens with zero attached hydrogens (tertiary/aromatic N) is 1. The van der Waals surface area contributed by atoms with Gasteiger partial charge in [-0.05, 0) is 60.9 Å². The van der Waals surface area contributed by atoms with Crippen molar-refractivity contribution in [1.29, 1.82) is 0 Å². The van der Waals surface area contributed by atoms with Crippen molar-refractivity contribution in [3.05, 3.63) is 0 Å². The van der Waals surface area contributed by atoms with Gasteiger partial charge in [0.1, 0.15) is 11.2 Å². The first-order valence-corrected chi connectivity index (χ1v) is 8.67. The lowest BCUT2D eigenvalue weighted by Crippen LogP contribution is -2.47. The topological polar surface area (TPSA) is 115 Å². The lowest BCUT2D eigenvalue weighted by molar-refractivity contribution is 0.0545. The van der Waals surface area contributed by atoms with Gasteiger partial charge in [-0.25, -0.2) is 9.59 Å². The Morgan fingerprint density at radius 2 is 1.28 bits per heavy atom. The summed E-state index contributed by atoms with van der Waals surface area (Å²) in [5.41, 5.74) is 4.11. The van der Waals surface area contributed by atoms with Crippen LogP contribution in [0.4, 0.5) is 9.59 Å². The van der Waals surface area contributed by atoms with E-state index in [0.717, 1.165) is 12.8 Å². The molecule has 0 aliphatic rings. The van der Waals surface area contributed by atoms with Gasteiger partial charge in [0.05, 0.1) is 0 Å². The molecule has 0 radical (unpaired) electrons. The molecule has 0 aliphatic carbocycles. The van der Waals surface area contributed by atoms with Crippen LogP contribution in [-0.4, -0.2) is 42.4 Å². The Hall–Kier alpha value is -1.83. The van der Waals surface area contributed by atoms with Gasteiger partial charge in [0.2, 0.25) is 5.96 Å². The number of amides is 2. The molecule has 0 aromatic carbocycles. The number of nitrogens with two attached hydrogens (primary N) is 1. The third-order valence-corrected chi connectivity index (χ3v) is 2.12. The Morgan fingerprint density at radius 3 is 1.60 bits per heavy atom. The molecule has 0 aromatic rings. The summed E-state index contributed by atoms with van der Waals surface area (Å²) in [7, 11) is 0. The minimum absolute atomic E-state index is 0.00878. The highest BCUT2D eigenvalue weighted by Gasteiger charge is 2.21. The fourth-order valence-corrected chi connectivity index (χ4v) is 1.36. The van der Waals surface area contributed by atoms with Crippen LogP contribution in [0.1, 0.15) is 68.2 Å². The maximum atomic E-state index is 11.8. The van der Waals surface area contributed by atoms with Crippen LogP contribution >= 0.6 is 0 Å². The van der Waals surface area contributed by atoms with Gasteiger partial charge < -0.3 is 15.2 Å². The standard InChI is InChI=1S/C15H30N4O4.C2H6/c1-14(2,3)22-12(20)18-11(17-10-8-7-9-16)19-13(21)23-15(4,5)6;1-2/h7-10,16H2,1-6H3,(H2,17,18,19,20,21);1-2H3. The molecule has 4 N–H and O–H groups in total. The molecule has 25 heavy (non-hydrogen) atoms. The van der Waals surface area contributed by atoms with Crippen LogP contribution in [-0.2, 0) is 9.47 Å². The van der Waals surface area contributed by atoms with Gasteiger partial charge in [-0.15, -0.1) is 0 Å². The lowest BCUT2D eigenvalue weighted by atomic mass is 10.2. The Labute approximate surface area is 151 Å². The summed E-state index contributed by atoms with van der Waals surface area (Å²) in [6.45, 7) is 15.4. The van der Waals surface area contributed by atoms with Gasteiger partial charge in [-0.2, -0.15) is 0 Å². The van der Waals surface area contributed by atoms with Gasteiger partial charge in [-0.1, -0.05) is 13.8 Å². The summed E-state index contributed by atoms with van der Waals surface area (Å²) < 4.78 is 10.3. The minimum Gasteiger partial charge on any atom is -0.444 e. The summed E-state index contributed by atoms with van der Waals surface area (Å²) >= 11 is 0. The number of nitrogens with one attached hydrogen (secondary N) is 2. The van der Waals surface area contributed by atoms with Crippen molar-refractivity contribution in [2.75, 3.05) is 13.1 Å². The van der Waals surface area contributed by atoms with Crippen molar-refractivity contribution < 1.29 is 19.1 Å². The van der Waals surface area contributed by atoms with E-state index in [1.54, 1.807) is 41.5 Å². The molecular formula is C17H36N4O4. The normalized spacial score (nSPS) is 10.8. The number of carbonyl (C=O) groups is 2. The first-order chi connectivity index (χ1) is 11.4. The molecule has 0 heterocycles. The molecule has 0 spiro atoms. The number of hydrogen-bond acceptors (Lipinski definition) is 6. The van der Waals surface area contributed by atoms with Crippen LogP contribution in [0.2, 0.25) is 0 Å². The summed E-state index contributed by atoms with van der Waals surface area (Å²) in [4.78, 5) is 27.7. The molecule has 0 saturated carbocycles. The molecule has 0 atom stereocenters. The van der Waals surface area contributed by atoms with Gasteiger partial charge in [0.25, 0.3) is 0 Å². The number of hydrogen-bond donors (Lipinski definition) is 3. The van der Waals surface area contributed by atoms with Crippen molar-refractivity contribution in [3.63, 3.8) is 0 Å². The minimum atomic E-state index is -0.703. The highest BCUT2D eigenvalue weighted by atomic mass is 16.6. The van der Waals surface area contributed by atoms with E-state index in [-0.39, 0.29) is 5.96 Å². The third kappa shape index (κ3) is 18.4. The van der Waals surface area contributed by atoms with Gasteiger partial charge >= 0.3 is 12.2 Å². The molecule has 0 unspecified atom stereocenters. The van der Waals surface area contributed by atoms with Crippen LogP contribution in [0.5, 0.6) is 0 Å². The SMILES string of the molecule is CC.CC(C)(C)OC(=O)NC(=NCCCCN)NC(=O)OC(C)(C)C. The van der Waals surface area contributed by atoms with Gasteiger partial charge in [0.15, 0.2) is 0 Å². The first kappa shape index (κ1) is 25.4. The molecule has 0 fully saturated rings. The number of guanidine groups is 1. The fraction of sp³-hybridized carbons (Fsp3) is 0.824. The average Bonchev–Trinajstić information content (AvgIpc) is 2.41. The van der Waals surface area contributed by atoms with E-state index < -0.39 is 23.4 Å². The van der Waals surface area contributed by atoms with Crippen LogP contribution in [0.15, 0.2) is 4.99 Å². The second-order valence-corrected chi connectivity index (χ2v) is 6.98. The smallest absolute Gasteiger partial charge is 0.414 e. The Bertz CT molecular complexity index is 391. The van der Waals surface area contributed by atoms with Crippen molar-refractivity contribution >= 4 is 18.1 Å². The molecule has 2 amide bonds. The Morgan fingerprint density at radius 1 is 0.880 bits per heavy atom. The van der Waals surface area contributed by atoms with E-state index in [2.05, 4.69) is 15.6 Å². The van der Waals surface area contributed by atoms with Crippen LogP contribution in [0.25, 0.3) is 0 Å². The number of alkyl carbamates (subject to hydrolysis) is 2. The number of rotatable bonds is 4. The maximum Gasteiger partial charge on any atom is 0.414 e. The predicted octanol–water partition coefficient (Wildman–Crippen LogP) is 3.16. The van der Waals surface area contributed by atoms with Crippen LogP contribution in [0, 0.1) is 0 Å². The summed E-state index contributed by atoms with van der Waals surface area (Å²) in [5.74, 6) is -0.00878. The van der Waals surface area contributed by atoms with E-state index >= 15 is 0 Å². The summed E-state index contributed by atoms with van der Waals surface area (Å²) in [6.07, 6.45) is 0.138. The van der Waals surface area contributed by atoms with E-state index in [0.29, 0.717) is 13.1 Å². The number of ether oxygens (including phenoxy) is 2. The van der Waals surface area contributed by atoms with E-state index in [4.69, 9.17) is 15.2 Å². The van der Waals surface area contributed by atoms with Crippen molar-refractivity contribution in [2.45, 2.75) is 79.4 Å². The second-order valence-electron chi connectivity index (χ2n) is 6.98. The number of aliphatic imine (C=N–C) groups is 1. The van der Waals surface area contributed by atoms with Crippen LogP contribution in [0.3, 0.4) is 0 Å². The zero-order valence-corrected chi connectivity index (χ0v) is 17.0. The van der Waals surface area contributed by atoms with E-state index in [1.807, 2.05) is 13.8 Å². The average molecular weight is 360 g/mol. The largest absolute Gasteiger partial charge is 0.444 e. The van der Waals surface area contributed by atoms with Crippen molar-refractivity contribution in [3.8, 4) is 0 Å². The molecule has 0 saturated heterocycles. The highest BCUT2D eigenvalue weighted by Crippen LogP contribution is 2.07. The van der Waals surface area contributed by atoms with Crippen molar-refractivity contribution in [1.82, 2.24) is 10.6 Å². The van der Waals surface area contributed by atoms with Gasteiger partial charge in [0, 0.05) is 6.54 Å². The quantitative estimate of drug-likeness (QED) is 0.405. The fourth-order valence-electron chi connectivity index (χ4n) is 1.36. The molecule has 0 bridgehead atoms. The molecule has 8 nitrogen and oxygen atoms in total. The maximum absolute atomic E-state index is 11.8. The molecule has 0 aromatic heterocycles. The number of carbonyl (C=O) groups excluding carboxylic acids is 2. The Balaban J connectivity index is 0. The van der Waals surface area contributed by atoms with E-state index in [1.165, 1.54) is 0 Å². The summed E-state index contributed by atoms with van der Waals surface area (Å²) in [6, 6.07) is 0. The summed E-state index contributed by atoms with van der Waals surface area (Å²) in [5, 5.41) is 4.83. The zero-order chi connectivity index (χ0) is 20.1. The lowest BCUT2D eigenvalue weighted by Gasteiger charge is -2.22. The zero-order valence-electron chi connectivity index (χ0n) is 17.0. The van der Waals surface area contributed by atoms with Gasteiger partial charge in [-0.3, -0.25) is 15.6 Å². The molecule has 8 heteroatoms. The second kappa shape index (κ2) is 12.5. The Kier molecular flexibility index (Phi) is 12.7. The predicted molar refractivity (Wildman–Crippen MR) is 101 cm³/mol. The monoisotopic (exact) mass is 360 g/mol. The molecular weight excluding hydrogens is 324 g/mol. The van der Waals surface area contributed by atoms with Crippen LogP contribution < -0.4 is 16.4 Å². The van der Waals surface area contributed by atoms with E-state index in [9.17, 15) is 9.59 Å². The molecule has 0 aliphatic heterocycles. The van der Waals surface area contributed by atoms with Crippen molar-refractivity contribution in [2.24, 2.45) is 10.7 Å². The molecule has 0 rings (SSSR count). The highest BCUT2D eigenvalue weighted by molar-refractivity contribution is 6.01. The number of unbranched alkanes of at least 4 members (excludes halogenated alkanes) is 1. The third-order valence-electron chi connectivity index (χ3n) is 2.12. The first-order valence-electron chi connectivity index (χ1n) is 8.67. The molecule has 148 valence electrons.